The van der Waals surface area contributed by atoms with Crippen LogP contribution in [0.5, 0.6) is 0 Å². The Morgan fingerprint density at radius 3 is 2.47 bits per heavy atom. The fraction of sp³-hybridized carbons (Fsp3) is 0.562. The Morgan fingerprint density at radius 1 is 1.26 bits per heavy atom. The maximum Gasteiger partial charge on any atom is 0.217 e. The van der Waals surface area contributed by atoms with E-state index in [1.165, 1.54) is 44.6 Å². The van der Waals surface area contributed by atoms with E-state index in [1.807, 2.05) is 0 Å². The van der Waals surface area contributed by atoms with E-state index in [1.54, 1.807) is 0 Å². The molecule has 1 saturated carbocycles. The number of carbonyl (C=O) groups excluding carboxylic acids is 1. The van der Waals surface area contributed by atoms with Crippen molar-refractivity contribution < 1.29 is 4.79 Å². The molecule has 1 fully saturated rings. The van der Waals surface area contributed by atoms with Crippen molar-refractivity contribution in [2.75, 3.05) is 0 Å². The van der Waals surface area contributed by atoms with Crippen LogP contribution < -0.4 is 11.1 Å². The topological polar surface area (TPSA) is 55.1 Å². The first-order valence-electron chi connectivity index (χ1n) is 7.25. The summed E-state index contributed by atoms with van der Waals surface area (Å²) in [6, 6.07) is 8.50. The number of nitrogens with two attached hydrogens (primary N) is 1. The Labute approximate surface area is 115 Å². The highest BCUT2D eigenvalue weighted by molar-refractivity contribution is 5.72. The smallest absolute Gasteiger partial charge is 0.217 e. The Kier molecular flexibility index (Phi) is 4.97. The molecule has 19 heavy (non-hydrogen) atoms. The van der Waals surface area contributed by atoms with Crippen molar-refractivity contribution in [3.8, 4) is 0 Å². The average Bonchev–Trinajstić information content (AvgIpc) is 2.46. The molecule has 0 aliphatic heterocycles. The Morgan fingerprint density at radius 2 is 1.89 bits per heavy atom. The van der Waals surface area contributed by atoms with Gasteiger partial charge in [-0.1, -0.05) is 43.5 Å². The van der Waals surface area contributed by atoms with E-state index in [0.717, 1.165) is 5.56 Å². The first kappa shape index (κ1) is 14.1. The van der Waals surface area contributed by atoms with Crippen LogP contribution in [0.4, 0.5) is 0 Å². The number of hydrogen-bond donors (Lipinski definition) is 2. The molecular formula is C16H24N2O. The minimum absolute atomic E-state index is 0.00276. The van der Waals surface area contributed by atoms with E-state index in [-0.39, 0.29) is 11.9 Å². The van der Waals surface area contributed by atoms with E-state index in [9.17, 15) is 4.79 Å². The molecule has 0 heterocycles. The predicted octanol–water partition coefficient (Wildman–Crippen LogP) is 2.90. The molecule has 1 aliphatic carbocycles. The molecule has 0 bridgehead atoms. The van der Waals surface area contributed by atoms with Gasteiger partial charge in [-0.15, -0.1) is 0 Å². The van der Waals surface area contributed by atoms with Crippen molar-refractivity contribution in [2.24, 2.45) is 11.7 Å². The summed E-state index contributed by atoms with van der Waals surface area (Å²) >= 11 is 0. The van der Waals surface area contributed by atoms with E-state index in [2.05, 4.69) is 29.6 Å². The summed E-state index contributed by atoms with van der Waals surface area (Å²) in [6.45, 7) is 2.13. The van der Waals surface area contributed by atoms with E-state index in [0.29, 0.717) is 12.5 Å². The lowest BCUT2D eigenvalue weighted by Gasteiger charge is -2.27. The van der Waals surface area contributed by atoms with Gasteiger partial charge in [-0.2, -0.15) is 0 Å². The molecule has 1 aromatic rings. The zero-order valence-corrected chi connectivity index (χ0v) is 11.7. The maximum absolute atomic E-state index is 10.9. The molecule has 1 amide bonds. The SMILES string of the molecule is CC(=O)NCc1ccc(C(N)C2CCCCC2)cc1. The fourth-order valence-electron chi connectivity index (χ4n) is 2.85. The molecular weight excluding hydrogens is 236 g/mol. The largest absolute Gasteiger partial charge is 0.352 e. The van der Waals surface area contributed by atoms with Crippen molar-refractivity contribution in [1.82, 2.24) is 5.32 Å². The van der Waals surface area contributed by atoms with Crippen LogP contribution in [0.25, 0.3) is 0 Å². The molecule has 1 aromatic carbocycles. The lowest BCUT2D eigenvalue weighted by atomic mass is 9.81. The van der Waals surface area contributed by atoms with E-state index in [4.69, 9.17) is 5.73 Å². The summed E-state index contributed by atoms with van der Waals surface area (Å²) in [4.78, 5) is 10.9. The number of nitrogens with one attached hydrogen (secondary N) is 1. The zero-order valence-electron chi connectivity index (χ0n) is 11.7. The second-order valence-corrected chi connectivity index (χ2v) is 5.58. The van der Waals surface area contributed by atoms with Crippen LogP contribution in [-0.2, 0) is 11.3 Å². The number of benzene rings is 1. The summed E-state index contributed by atoms with van der Waals surface area (Å²) in [5, 5.41) is 2.80. The summed E-state index contributed by atoms with van der Waals surface area (Å²) < 4.78 is 0. The molecule has 0 spiro atoms. The predicted molar refractivity (Wildman–Crippen MR) is 77.5 cm³/mol. The van der Waals surface area contributed by atoms with Crippen molar-refractivity contribution >= 4 is 5.91 Å². The molecule has 3 heteroatoms. The van der Waals surface area contributed by atoms with Crippen molar-refractivity contribution in [2.45, 2.75) is 51.6 Å². The lowest BCUT2D eigenvalue weighted by molar-refractivity contribution is -0.119. The first-order chi connectivity index (χ1) is 9.16. The standard InChI is InChI=1S/C16H24N2O/c1-12(19)18-11-13-7-9-15(10-8-13)16(17)14-5-3-2-4-6-14/h7-10,14,16H,2-6,11,17H2,1H3,(H,18,19). The highest BCUT2D eigenvalue weighted by atomic mass is 16.1. The van der Waals surface area contributed by atoms with Gasteiger partial charge in [-0.25, -0.2) is 0 Å². The van der Waals surface area contributed by atoms with Gasteiger partial charge in [-0.05, 0) is 29.9 Å². The molecule has 3 N–H and O–H groups in total. The maximum atomic E-state index is 10.9. The van der Waals surface area contributed by atoms with Gasteiger partial charge < -0.3 is 11.1 Å². The van der Waals surface area contributed by atoms with Gasteiger partial charge in [0.25, 0.3) is 0 Å². The third kappa shape index (κ3) is 4.06. The van der Waals surface area contributed by atoms with E-state index >= 15 is 0 Å². The van der Waals surface area contributed by atoms with Crippen LogP contribution in [-0.4, -0.2) is 5.91 Å². The molecule has 3 nitrogen and oxygen atoms in total. The second-order valence-electron chi connectivity index (χ2n) is 5.58. The normalized spacial score (nSPS) is 18.0. The van der Waals surface area contributed by atoms with Gasteiger partial charge in [-0.3, -0.25) is 4.79 Å². The van der Waals surface area contributed by atoms with Gasteiger partial charge >= 0.3 is 0 Å². The van der Waals surface area contributed by atoms with Gasteiger partial charge in [0.05, 0.1) is 0 Å². The van der Waals surface area contributed by atoms with Crippen molar-refractivity contribution in [3.05, 3.63) is 35.4 Å². The van der Waals surface area contributed by atoms with Gasteiger partial charge in [0.1, 0.15) is 0 Å². The number of amides is 1. The number of rotatable bonds is 4. The molecule has 1 atom stereocenters. The van der Waals surface area contributed by atoms with E-state index < -0.39 is 0 Å². The van der Waals surface area contributed by atoms with Gasteiger partial charge in [0.2, 0.25) is 5.91 Å². The minimum atomic E-state index is 0.00276. The second kappa shape index (κ2) is 6.71. The summed E-state index contributed by atoms with van der Waals surface area (Å²) in [5.74, 6) is 0.637. The highest BCUT2D eigenvalue weighted by Gasteiger charge is 2.21. The quantitative estimate of drug-likeness (QED) is 0.874. The Hall–Kier alpha value is -1.35. The minimum Gasteiger partial charge on any atom is -0.352 e. The highest BCUT2D eigenvalue weighted by Crippen LogP contribution is 2.32. The first-order valence-corrected chi connectivity index (χ1v) is 7.25. The van der Waals surface area contributed by atoms with Gasteiger partial charge in [0, 0.05) is 19.5 Å². The number of carbonyl (C=O) groups is 1. The molecule has 2 rings (SSSR count). The van der Waals surface area contributed by atoms with Crippen LogP contribution >= 0.6 is 0 Å². The van der Waals surface area contributed by atoms with Crippen LogP contribution in [0.2, 0.25) is 0 Å². The molecule has 1 aliphatic rings. The molecule has 0 radical (unpaired) electrons. The Balaban J connectivity index is 1.94. The fourth-order valence-corrected chi connectivity index (χ4v) is 2.85. The van der Waals surface area contributed by atoms with Crippen LogP contribution in [0.3, 0.4) is 0 Å². The Bertz CT molecular complexity index is 407. The average molecular weight is 260 g/mol. The summed E-state index contributed by atoms with van der Waals surface area (Å²) in [6.07, 6.45) is 6.51. The third-order valence-electron chi connectivity index (χ3n) is 4.06. The van der Waals surface area contributed by atoms with Crippen molar-refractivity contribution in [1.29, 1.82) is 0 Å². The summed E-state index contributed by atoms with van der Waals surface area (Å²) in [5.41, 5.74) is 8.71. The molecule has 0 saturated heterocycles. The molecule has 1 unspecified atom stereocenters. The zero-order chi connectivity index (χ0) is 13.7. The molecule has 0 aromatic heterocycles. The van der Waals surface area contributed by atoms with Crippen LogP contribution in [0.15, 0.2) is 24.3 Å². The third-order valence-corrected chi connectivity index (χ3v) is 4.06. The van der Waals surface area contributed by atoms with Gasteiger partial charge in [0.15, 0.2) is 0 Å². The number of hydrogen-bond acceptors (Lipinski definition) is 2. The van der Waals surface area contributed by atoms with Crippen molar-refractivity contribution in [3.63, 3.8) is 0 Å². The van der Waals surface area contributed by atoms with Crippen LogP contribution in [0, 0.1) is 5.92 Å². The van der Waals surface area contributed by atoms with Crippen LogP contribution in [0.1, 0.15) is 56.2 Å². The monoisotopic (exact) mass is 260 g/mol. The lowest BCUT2D eigenvalue weighted by Crippen LogP contribution is -2.23. The molecule has 104 valence electrons. The summed E-state index contributed by atoms with van der Waals surface area (Å²) in [7, 11) is 0.